The molecule has 2 atom stereocenters. The first-order chi connectivity index (χ1) is 21.8. The van der Waals surface area contributed by atoms with Crippen molar-refractivity contribution >= 4 is 55.1 Å². The lowest BCUT2D eigenvalue weighted by molar-refractivity contribution is -0.126. The molecule has 1 heterocycles. The Morgan fingerprint density at radius 3 is 2.41 bits per heavy atom. The monoisotopic (exact) mass is 664 g/mol. The Morgan fingerprint density at radius 2 is 1.72 bits per heavy atom. The summed E-state index contributed by atoms with van der Waals surface area (Å²) in [6.07, 6.45) is 2.90. The number of carbonyl (C=O) groups is 3. The zero-order valence-electron chi connectivity index (χ0n) is 24.8. The first kappa shape index (κ1) is 31.4. The number of sulfonamides is 1. The fraction of sp³-hybridized carbons (Fsp3) is 0.312. The molecule has 46 heavy (non-hydrogen) atoms. The van der Waals surface area contributed by atoms with Gasteiger partial charge in [0.2, 0.25) is 0 Å². The maximum Gasteiger partial charge on any atom is 0.422 e. The molecule has 0 bridgehead atoms. The van der Waals surface area contributed by atoms with E-state index in [0.29, 0.717) is 29.0 Å². The minimum Gasteiger partial charge on any atom is -0.464 e. The predicted molar refractivity (Wildman–Crippen MR) is 170 cm³/mol. The Balaban J connectivity index is 1.31. The average Bonchev–Trinajstić information content (AvgIpc) is 3.52. The smallest absolute Gasteiger partial charge is 0.422 e. The van der Waals surface area contributed by atoms with Crippen LogP contribution in [-0.4, -0.2) is 49.7 Å². The third kappa shape index (κ3) is 5.66. The third-order valence-electron chi connectivity index (χ3n) is 8.96. The van der Waals surface area contributed by atoms with Gasteiger partial charge in [0.1, 0.15) is 16.6 Å². The Labute approximate surface area is 266 Å². The van der Waals surface area contributed by atoms with Gasteiger partial charge in [0.05, 0.1) is 23.3 Å². The molecule has 0 aromatic heterocycles. The summed E-state index contributed by atoms with van der Waals surface area (Å²) < 4.78 is 59.3. The lowest BCUT2D eigenvalue weighted by Crippen LogP contribution is -2.52. The van der Waals surface area contributed by atoms with Crippen molar-refractivity contribution in [2.24, 2.45) is 16.2 Å². The van der Waals surface area contributed by atoms with Crippen LogP contribution in [0.4, 0.5) is 16.2 Å². The molecule has 2 unspecified atom stereocenters. The van der Waals surface area contributed by atoms with Gasteiger partial charge in [-0.3, -0.25) is 14.3 Å². The minimum absolute atomic E-state index is 0.00993. The number of nitrogens with zero attached hydrogens (tertiary/aromatic N) is 2. The maximum absolute atomic E-state index is 14.2. The molecule has 1 aliphatic heterocycles. The predicted octanol–water partition coefficient (Wildman–Crippen LogP) is 4.96. The van der Waals surface area contributed by atoms with Crippen molar-refractivity contribution in [3.8, 4) is 0 Å². The van der Waals surface area contributed by atoms with Gasteiger partial charge in [-0.15, -0.1) is 4.40 Å². The Morgan fingerprint density at radius 1 is 1.04 bits per heavy atom. The van der Waals surface area contributed by atoms with Crippen LogP contribution in [0.1, 0.15) is 60.5 Å². The Hall–Kier alpha value is -4.56. The number of carbonyl (C=O) groups excluding carboxylic acids is 2. The molecule has 6 rings (SSSR count). The number of benzene rings is 3. The summed E-state index contributed by atoms with van der Waals surface area (Å²) in [7, 11) is -9.22. The molecule has 240 valence electrons. The van der Waals surface area contributed by atoms with Gasteiger partial charge in [-0.1, -0.05) is 80.3 Å². The average molecular weight is 665 g/mol. The van der Waals surface area contributed by atoms with Crippen LogP contribution in [0.5, 0.6) is 0 Å². The highest BCUT2D eigenvalue weighted by Gasteiger charge is 2.52. The molecule has 1 saturated carbocycles. The van der Waals surface area contributed by atoms with Crippen molar-refractivity contribution in [3.63, 3.8) is 0 Å². The standard InChI is InChI=1S/C32H32N4O8S2/c1-32(18-20-9-5-6-10-20)24-14-8-7-13-23(24)28(37)27(29(32)38)30-33-25-16-15-22(17-26(25)45(41,42)35-30)34-46(43,44)36(31(39)40)19-21-11-3-2-4-12-21/h2-4,7-8,11-17,20,27,34H,5-6,9-10,18-19H2,1H3,(H,33,35)(H,39,40). The number of amides is 1. The van der Waals surface area contributed by atoms with E-state index in [1.54, 1.807) is 54.6 Å². The summed E-state index contributed by atoms with van der Waals surface area (Å²) in [5, 5.41) is 12.5. The van der Waals surface area contributed by atoms with Crippen LogP contribution >= 0.6 is 0 Å². The summed E-state index contributed by atoms with van der Waals surface area (Å²) in [5.41, 5.74) is 0.129. The fourth-order valence-electron chi connectivity index (χ4n) is 6.73. The van der Waals surface area contributed by atoms with Gasteiger partial charge >= 0.3 is 16.3 Å². The minimum atomic E-state index is -4.69. The van der Waals surface area contributed by atoms with Gasteiger partial charge in [0.25, 0.3) is 10.0 Å². The molecule has 1 amide bonds. The largest absolute Gasteiger partial charge is 0.464 e. The second kappa shape index (κ2) is 11.7. The number of nitrogens with one attached hydrogen (secondary N) is 2. The van der Waals surface area contributed by atoms with Crippen molar-refractivity contribution in [1.82, 2.24) is 4.31 Å². The van der Waals surface area contributed by atoms with Gasteiger partial charge < -0.3 is 10.4 Å². The molecule has 0 saturated heterocycles. The van der Waals surface area contributed by atoms with Crippen LogP contribution in [0.25, 0.3) is 0 Å². The van der Waals surface area contributed by atoms with Crippen LogP contribution in [0, 0.1) is 11.8 Å². The number of ketones is 2. The Bertz CT molecular complexity index is 1990. The van der Waals surface area contributed by atoms with Crippen molar-refractivity contribution < 1.29 is 36.3 Å². The number of fused-ring (bicyclic) bond motifs is 2. The van der Waals surface area contributed by atoms with Gasteiger partial charge in [0.15, 0.2) is 11.6 Å². The molecule has 12 nitrogen and oxygen atoms in total. The second-order valence-electron chi connectivity index (χ2n) is 12.1. The van der Waals surface area contributed by atoms with Gasteiger partial charge in [0, 0.05) is 5.56 Å². The first-order valence-corrected chi connectivity index (χ1v) is 17.7. The van der Waals surface area contributed by atoms with Gasteiger partial charge in [-0.25, -0.2) is 4.79 Å². The van der Waals surface area contributed by atoms with E-state index in [1.807, 2.05) is 6.92 Å². The van der Waals surface area contributed by atoms with Crippen LogP contribution in [0.15, 0.2) is 82.1 Å². The third-order valence-corrected chi connectivity index (χ3v) is 11.7. The molecule has 1 fully saturated rings. The Kier molecular flexibility index (Phi) is 7.97. The number of hydrogen-bond acceptors (Lipinski definition) is 8. The van der Waals surface area contributed by atoms with E-state index in [9.17, 15) is 36.3 Å². The SMILES string of the molecule is CC1(CC2CCCC2)C(=O)C(C2=NS(=O)(=O)c3cc(NS(=O)(=O)N(Cc4ccccc4)C(=O)O)ccc3N2)C(=O)c2ccccc21. The van der Waals surface area contributed by atoms with Gasteiger partial charge in [-0.05, 0) is 48.6 Å². The number of rotatable bonds is 8. The molecule has 14 heteroatoms. The normalized spacial score (nSPS) is 22.3. The van der Waals surface area contributed by atoms with Crippen LogP contribution < -0.4 is 10.0 Å². The second-order valence-corrected chi connectivity index (χ2v) is 15.2. The van der Waals surface area contributed by atoms with E-state index in [-0.39, 0.29) is 21.5 Å². The number of anilines is 2. The molecule has 3 aromatic rings. The molecular formula is C32H32N4O8S2. The number of carboxylic acid groups (broad SMARTS) is 1. The van der Waals surface area contributed by atoms with E-state index in [0.717, 1.165) is 31.7 Å². The summed E-state index contributed by atoms with van der Waals surface area (Å²) in [6, 6.07) is 18.5. The summed E-state index contributed by atoms with van der Waals surface area (Å²) >= 11 is 0. The number of hydrogen-bond donors (Lipinski definition) is 3. The van der Waals surface area contributed by atoms with E-state index in [2.05, 4.69) is 14.4 Å². The number of amidine groups is 1. The summed E-state index contributed by atoms with van der Waals surface area (Å²) in [6.45, 7) is 1.34. The summed E-state index contributed by atoms with van der Waals surface area (Å²) in [5.74, 6) is -2.48. The van der Waals surface area contributed by atoms with Crippen LogP contribution in [0.2, 0.25) is 0 Å². The highest BCUT2D eigenvalue weighted by Crippen LogP contribution is 2.45. The van der Waals surface area contributed by atoms with E-state index >= 15 is 0 Å². The van der Waals surface area contributed by atoms with E-state index in [1.165, 1.54) is 12.1 Å². The van der Waals surface area contributed by atoms with Crippen molar-refractivity contribution in [1.29, 1.82) is 0 Å². The van der Waals surface area contributed by atoms with Crippen molar-refractivity contribution in [2.75, 3.05) is 10.0 Å². The maximum atomic E-state index is 14.2. The quantitative estimate of drug-likeness (QED) is 0.281. The summed E-state index contributed by atoms with van der Waals surface area (Å²) in [4.78, 5) is 39.4. The molecule has 3 aromatic carbocycles. The lowest BCUT2D eigenvalue weighted by Gasteiger charge is -2.40. The molecule has 3 N–H and O–H groups in total. The molecule has 3 aliphatic rings. The van der Waals surface area contributed by atoms with Gasteiger partial charge in [-0.2, -0.15) is 21.1 Å². The van der Waals surface area contributed by atoms with E-state index in [4.69, 9.17) is 0 Å². The van der Waals surface area contributed by atoms with Crippen molar-refractivity contribution in [2.45, 2.75) is 55.9 Å². The fourth-order valence-corrected chi connectivity index (χ4v) is 8.97. The zero-order valence-corrected chi connectivity index (χ0v) is 26.5. The molecular weight excluding hydrogens is 633 g/mol. The van der Waals surface area contributed by atoms with Crippen LogP contribution in [-0.2, 0) is 37.0 Å². The topological polar surface area (TPSA) is 179 Å². The number of Topliss-reactive ketones (excluding diaryl/α,β-unsaturated/α-hetero) is 2. The first-order valence-electron chi connectivity index (χ1n) is 14.8. The molecule has 2 aliphatic carbocycles. The molecule has 0 radical (unpaired) electrons. The highest BCUT2D eigenvalue weighted by molar-refractivity contribution is 7.91. The van der Waals surface area contributed by atoms with Crippen molar-refractivity contribution in [3.05, 3.63) is 89.5 Å². The highest BCUT2D eigenvalue weighted by atomic mass is 32.2. The zero-order chi connectivity index (χ0) is 32.9. The lowest BCUT2D eigenvalue weighted by atomic mass is 9.62. The van der Waals surface area contributed by atoms with E-state index < -0.39 is 60.7 Å². The van der Waals surface area contributed by atoms with Crippen LogP contribution in [0.3, 0.4) is 0 Å². The molecule has 0 spiro atoms.